The molecule has 0 amide bonds. The molecule has 0 spiro atoms. The Balaban J connectivity index is 2.23. The Morgan fingerprint density at radius 2 is 1.71 bits per heavy atom. The molecule has 102 valence electrons. The summed E-state index contributed by atoms with van der Waals surface area (Å²) in [6.07, 6.45) is 8.02. The van der Waals surface area contributed by atoms with E-state index in [2.05, 4.69) is 25.7 Å². The highest BCUT2D eigenvalue weighted by atomic mass is 35.5. The number of alkyl halides is 1. The maximum absolute atomic E-state index is 5.78. The zero-order valence-electron chi connectivity index (χ0n) is 12.0. The fourth-order valence-electron chi connectivity index (χ4n) is 2.94. The Morgan fingerprint density at radius 1 is 1.12 bits per heavy atom. The molecule has 0 aromatic heterocycles. The van der Waals surface area contributed by atoms with Crippen LogP contribution in [0.15, 0.2) is 0 Å². The maximum Gasteiger partial charge on any atom is 0.0225 e. The highest BCUT2D eigenvalue weighted by Gasteiger charge is 2.30. The summed E-state index contributed by atoms with van der Waals surface area (Å²) in [6.45, 7) is 11.0. The van der Waals surface area contributed by atoms with Crippen molar-refractivity contribution in [2.75, 3.05) is 25.5 Å². The number of halogens is 1. The van der Waals surface area contributed by atoms with Gasteiger partial charge in [-0.25, -0.2) is 0 Å². The molecule has 2 heteroatoms. The first-order valence-electron chi connectivity index (χ1n) is 7.44. The largest absolute Gasteiger partial charge is 0.303 e. The van der Waals surface area contributed by atoms with Gasteiger partial charge in [-0.15, -0.1) is 11.6 Å². The summed E-state index contributed by atoms with van der Waals surface area (Å²) >= 11 is 5.78. The summed E-state index contributed by atoms with van der Waals surface area (Å²) in [7, 11) is 0. The van der Waals surface area contributed by atoms with Crippen LogP contribution in [0.4, 0.5) is 0 Å². The Bertz CT molecular complexity index is 191. The zero-order chi connectivity index (χ0) is 12.7. The van der Waals surface area contributed by atoms with Crippen LogP contribution in [0.1, 0.15) is 59.3 Å². The van der Waals surface area contributed by atoms with E-state index >= 15 is 0 Å². The van der Waals surface area contributed by atoms with E-state index in [0.29, 0.717) is 5.41 Å². The average Bonchev–Trinajstić information content (AvgIpc) is 2.37. The number of rotatable bonds is 7. The van der Waals surface area contributed by atoms with Crippen molar-refractivity contribution in [1.29, 1.82) is 0 Å². The third-order valence-corrected chi connectivity index (χ3v) is 5.17. The smallest absolute Gasteiger partial charge is 0.0225 e. The molecule has 0 aliphatic carbocycles. The van der Waals surface area contributed by atoms with Gasteiger partial charge in [0, 0.05) is 5.88 Å². The van der Waals surface area contributed by atoms with E-state index < -0.39 is 0 Å². The molecule has 0 aromatic carbocycles. The van der Waals surface area contributed by atoms with Gasteiger partial charge in [0.1, 0.15) is 0 Å². The van der Waals surface area contributed by atoms with Crippen LogP contribution in [0.2, 0.25) is 0 Å². The first-order chi connectivity index (χ1) is 8.15. The first-order valence-corrected chi connectivity index (χ1v) is 7.97. The SMILES string of the molecule is CCC1(CC)CCN(CCC(C)CCCl)CC1. The molecule has 0 N–H and O–H groups in total. The Labute approximate surface area is 113 Å². The quantitative estimate of drug-likeness (QED) is 0.607. The molecule has 1 atom stereocenters. The van der Waals surface area contributed by atoms with Crippen molar-refractivity contribution in [3.8, 4) is 0 Å². The molecule has 1 unspecified atom stereocenters. The lowest BCUT2D eigenvalue weighted by Crippen LogP contribution is -2.40. The van der Waals surface area contributed by atoms with E-state index in [4.69, 9.17) is 11.6 Å². The fourth-order valence-corrected chi connectivity index (χ4v) is 3.31. The van der Waals surface area contributed by atoms with Crippen molar-refractivity contribution in [2.45, 2.75) is 59.3 Å². The standard InChI is InChI=1S/C15H30ClN/c1-4-15(5-2)8-12-17(13-9-15)11-7-14(3)6-10-16/h14H,4-13H2,1-3H3. The summed E-state index contributed by atoms with van der Waals surface area (Å²) in [4.78, 5) is 2.66. The second-order valence-electron chi connectivity index (χ2n) is 5.92. The van der Waals surface area contributed by atoms with Gasteiger partial charge in [-0.1, -0.05) is 33.6 Å². The third kappa shape index (κ3) is 4.79. The van der Waals surface area contributed by atoms with Crippen molar-refractivity contribution in [1.82, 2.24) is 4.90 Å². The Morgan fingerprint density at radius 3 is 2.18 bits per heavy atom. The van der Waals surface area contributed by atoms with Crippen molar-refractivity contribution >= 4 is 11.6 Å². The Hall–Kier alpha value is 0.250. The number of likely N-dealkylation sites (tertiary alicyclic amines) is 1. The zero-order valence-corrected chi connectivity index (χ0v) is 12.7. The second-order valence-corrected chi connectivity index (χ2v) is 6.30. The van der Waals surface area contributed by atoms with Gasteiger partial charge in [-0.3, -0.25) is 0 Å². The van der Waals surface area contributed by atoms with Crippen molar-refractivity contribution in [2.24, 2.45) is 11.3 Å². The van der Waals surface area contributed by atoms with Gasteiger partial charge < -0.3 is 4.90 Å². The molecule has 1 saturated heterocycles. The lowest BCUT2D eigenvalue weighted by atomic mass is 9.74. The normalized spacial score (nSPS) is 22.6. The predicted molar refractivity (Wildman–Crippen MR) is 77.8 cm³/mol. The molecule has 0 saturated carbocycles. The van der Waals surface area contributed by atoms with E-state index in [0.717, 1.165) is 11.8 Å². The molecule has 0 radical (unpaired) electrons. The number of piperidine rings is 1. The van der Waals surface area contributed by atoms with E-state index in [9.17, 15) is 0 Å². The molecule has 0 bridgehead atoms. The summed E-state index contributed by atoms with van der Waals surface area (Å²) in [5, 5.41) is 0. The van der Waals surface area contributed by atoms with Crippen molar-refractivity contribution in [3.05, 3.63) is 0 Å². The lowest BCUT2D eigenvalue weighted by Gasteiger charge is -2.41. The fraction of sp³-hybridized carbons (Fsp3) is 1.00. The molecule has 0 aromatic rings. The molecule has 1 aliphatic heterocycles. The molecular formula is C15H30ClN. The van der Waals surface area contributed by atoms with E-state index in [1.807, 2.05) is 0 Å². The van der Waals surface area contributed by atoms with Gasteiger partial charge in [0.2, 0.25) is 0 Å². The van der Waals surface area contributed by atoms with Crippen LogP contribution in [0.3, 0.4) is 0 Å². The molecule has 1 fully saturated rings. The van der Waals surface area contributed by atoms with Crippen LogP contribution in [0.5, 0.6) is 0 Å². The van der Waals surface area contributed by atoms with Crippen LogP contribution >= 0.6 is 11.6 Å². The van der Waals surface area contributed by atoms with Gasteiger partial charge in [0.05, 0.1) is 0 Å². The van der Waals surface area contributed by atoms with Crippen molar-refractivity contribution in [3.63, 3.8) is 0 Å². The van der Waals surface area contributed by atoms with Crippen LogP contribution in [-0.4, -0.2) is 30.4 Å². The number of nitrogens with zero attached hydrogens (tertiary/aromatic N) is 1. The molecule has 1 nitrogen and oxygen atoms in total. The Kier molecular flexibility index (Phi) is 6.87. The van der Waals surface area contributed by atoms with Crippen LogP contribution in [-0.2, 0) is 0 Å². The topological polar surface area (TPSA) is 3.24 Å². The third-order valence-electron chi connectivity index (χ3n) is 4.96. The predicted octanol–water partition coefficient (Wildman–Crippen LogP) is 4.54. The molecule has 1 heterocycles. The maximum atomic E-state index is 5.78. The average molecular weight is 260 g/mol. The van der Waals surface area contributed by atoms with Gasteiger partial charge in [0.15, 0.2) is 0 Å². The van der Waals surface area contributed by atoms with Gasteiger partial charge in [-0.2, -0.15) is 0 Å². The van der Waals surface area contributed by atoms with Crippen molar-refractivity contribution < 1.29 is 0 Å². The summed E-state index contributed by atoms with van der Waals surface area (Å²) in [5.41, 5.74) is 0.665. The first kappa shape index (κ1) is 15.3. The minimum absolute atomic E-state index is 0.665. The highest BCUT2D eigenvalue weighted by Crippen LogP contribution is 2.37. The molecule has 1 aliphatic rings. The highest BCUT2D eigenvalue weighted by molar-refractivity contribution is 6.17. The van der Waals surface area contributed by atoms with E-state index in [-0.39, 0.29) is 0 Å². The monoisotopic (exact) mass is 259 g/mol. The van der Waals surface area contributed by atoms with Crippen LogP contribution < -0.4 is 0 Å². The van der Waals surface area contributed by atoms with E-state index in [1.165, 1.54) is 58.2 Å². The van der Waals surface area contributed by atoms with Crippen LogP contribution in [0.25, 0.3) is 0 Å². The minimum atomic E-state index is 0.665. The van der Waals surface area contributed by atoms with Crippen LogP contribution in [0, 0.1) is 11.3 Å². The molecule has 17 heavy (non-hydrogen) atoms. The minimum Gasteiger partial charge on any atom is -0.303 e. The summed E-state index contributed by atoms with van der Waals surface area (Å²) in [5.74, 6) is 1.60. The summed E-state index contributed by atoms with van der Waals surface area (Å²) < 4.78 is 0. The number of hydrogen-bond donors (Lipinski definition) is 0. The summed E-state index contributed by atoms with van der Waals surface area (Å²) in [6, 6.07) is 0. The van der Waals surface area contributed by atoms with E-state index in [1.54, 1.807) is 0 Å². The lowest BCUT2D eigenvalue weighted by molar-refractivity contribution is 0.0918. The van der Waals surface area contributed by atoms with Gasteiger partial charge in [0.25, 0.3) is 0 Å². The van der Waals surface area contributed by atoms with Gasteiger partial charge in [-0.05, 0) is 56.7 Å². The second kappa shape index (κ2) is 7.63. The molecule has 1 rings (SSSR count). The molecular weight excluding hydrogens is 230 g/mol. The van der Waals surface area contributed by atoms with Gasteiger partial charge >= 0.3 is 0 Å². The number of hydrogen-bond acceptors (Lipinski definition) is 1.